The second kappa shape index (κ2) is 8.96. The summed E-state index contributed by atoms with van der Waals surface area (Å²) in [6, 6.07) is 19.6. The summed E-state index contributed by atoms with van der Waals surface area (Å²) in [5.41, 5.74) is 2.84. The fraction of sp³-hybridized carbons (Fsp3) is 0.259. The first kappa shape index (κ1) is 22.7. The highest BCUT2D eigenvalue weighted by atomic mass is 16.7. The Morgan fingerprint density at radius 1 is 0.771 bits per heavy atom. The van der Waals surface area contributed by atoms with Crippen molar-refractivity contribution in [2.45, 2.75) is 19.1 Å². The molecule has 8 nitrogen and oxygen atoms in total. The van der Waals surface area contributed by atoms with Crippen LogP contribution >= 0.6 is 0 Å². The zero-order chi connectivity index (χ0) is 24.7. The van der Waals surface area contributed by atoms with Crippen molar-refractivity contribution >= 4 is 23.2 Å². The van der Waals surface area contributed by atoms with Crippen LogP contribution in [-0.4, -0.2) is 39.2 Å². The molecule has 5 rings (SSSR count). The number of rotatable bonds is 6. The zero-order valence-electron chi connectivity index (χ0n) is 19.9. The number of amides is 2. The van der Waals surface area contributed by atoms with Crippen molar-refractivity contribution in [2.24, 2.45) is 5.92 Å². The molecule has 2 amide bonds. The summed E-state index contributed by atoms with van der Waals surface area (Å²) < 4.78 is 16.8. The number of methoxy groups -OCH3 is 3. The Morgan fingerprint density at radius 2 is 1.49 bits per heavy atom. The summed E-state index contributed by atoms with van der Waals surface area (Å²) in [5, 5.41) is 1.63. The minimum absolute atomic E-state index is 0.328. The number of hydrogen-bond acceptors (Lipinski definition) is 7. The molecule has 0 bridgehead atoms. The topological polar surface area (TPSA) is 77.5 Å². The molecule has 0 aliphatic carbocycles. The largest absolute Gasteiger partial charge is 0.493 e. The van der Waals surface area contributed by atoms with Crippen LogP contribution < -0.4 is 24.2 Å². The number of benzene rings is 3. The summed E-state index contributed by atoms with van der Waals surface area (Å²) >= 11 is 0. The summed E-state index contributed by atoms with van der Waals surface area (Å²) in [4.78, 5) is 34.8. The zero-order valence-corrected chi connectivity index (χ0v) is 19.9. The molecular weight excluding hydrogens is 448 g/mol. The lowest BCUT2D eigenvalue weighted by atomic mass is 9.89. The molecule has 0 spiro atoms. The normalized spacial score (nSPS) is 21.3. The van der Waals surface area contributed by atoms with Crippen LogP contribution in [0.3, 0.4) is 0 Å². The number of nitrogens with zero attached hydrogens (tertiary/aromatic N) is 2. The molecule has 3 atom stereocenters. The lowest BCUT2D eigenvalue weighted by Gasteiger charge is -2.30. The Hall–Kier alpha value is -4.04. The summed E-state index contributed by atoms with van der Waals surface area (Å²) in [6.07, 6.45) is -0.981. The first-order valence-corrected chi connectivity index (χ1v) is 11.2. The van der Waals surface area contributed by atoms with Gasteiger partial charge < -0.3 is 14.2 Å². The molecule has 2 heterocycles. The number of para-hydroxylation sites is 1. The van der Waals surface area contributed by atoms with E-state index in [2.05, 4.69) is 0 Å². The molecule has 0 N–H and O–H groups in total. The minimum Gasteiger partial charge on any atom is -0.493 e. The summed E-state index contributed by atoms with van der Waals surface area (Å²) in [5.74, 6) is -0.216. The number of fused-ring (bicyclic) bond motifs is 1. The smallest absolute Gasteiger partial charge is 0.266 e. The van der Waals surface area contributed by atoms with Crippen LogP contribution in [0.1, 0.15) is 17.2 Å². The summed E-state index contributed by atoms with van der Waals surface area (Å²) in [7, 11) is 4.60. The average molecular weight is 475 g/mol. The van der Waals surface area contributed by atoms with E-state index in [1.807, 2.05) is 61.5 Å². The van der Waals surface area contributed by atoms with Crippen LogP contribution in [0.2, 0.25) is 0 Å². The van der Waals surface area contributed by atoms with Crippen molar-refractivity contribution in [3.05, 3.63) is 77.9 Å². The van der Waals surface area contributed by atoms with E-state index >= 15 is 0 Å². The van der Waals surface area contributed by atoms with Gasteiger partial charge in [0.1, 0.15) is 12.0 Å². The highest BCUT2D eigenvalue weighted by Gasteiger charge is 2.61. The van der Waals surface area contributed by atoms with Gasteiger partial charge in [-0.15, -0.1) is 0 Å². The van der Waals surface area contributed by atoms with E-state index in [0.717, 1.165) is 5.56 Å². The van der Waals surface area contributed by atoms with Gasteiger partial charge in [-0.25, -0.2) is 9.96 Å². The lowest BCUT2D eigenvalue weighted by molar-refractivity contribution is -0.126. The minimum atomic E-state index is -0.981. The Labute approximate surface area is 203 Å². The van der Waals surface area contributed by atoms with Crippen molar-refractivity contribution in [1.82, 2.24) is 0 Å². The molecule has 2 aliphatic heterocycles. The van der Waals surface area contributed by atoms with Gasteiger partial charge in [0.05, 0.1) is 32.7 Å². The van der Waals surface area contributed by atoms with Crippen molar-refractivity contribution in [3.8, 4) is 17.2 Å². The van der Waals surface area contributed by atoms with E-state index in [4.69, 9.17) is 19.0 Å². The molecule has 0 saturated carbocycles. The van der Waals surface area contributed by atoms with Gasteiger partial charge in [0.25, 0.3) is 5.91 Å². The third-order valence-corrected chi connectivity index (χ3v) is 6.44. The molecular formula is C27H26N2O6. The van der Waals surface area contributed by atoms with E-state index in [1.54, 1.807) is 24.3 Å². The van der Waals surface area contributed by atoms with Gasteiger partial charge in [-0.2, -0.15) is 0 Å². The molecule has 8 heteroatoms. The van der Waals surface area contributed by atoms with E-state index in [-0.39, 0.29) is 5.91 Å². The number of aryl methyl sites for hydroxylation is 1. The monoisotopic (exact) mass is 474 g/mol. The van der Waals surface area contributed by atoms with Crippen LogP contribution in [-0.2, 0) is 14.4 Å². The van der Waals surface area contributed by atoms with E-state index in [1.165, 1.54) is 19.1 Å². The van der Waals surface area contributed by atoms with Gasteiger partial charge in [-0.1, -0.05) is 30.3 Å². The fourth-order valence-corrected chi connectivity index (χ4v) is 4.91. The average Bonchev–Trinajstić information content (AvgIpc) is 3.39. The SMILES string of the molecule is COc1ccc([C@@H]2[C@@H]3C(=O)N(c4cccc(C)c4)C(=O)[C@@H]3ON2c2ccccc2)c(OC)c1OC. The third kappa shape index (κ3) is 3.57. The quantitative estimate of drug-likeness (QED) is 0.499. The highest BCUT2D eigenvalue weighted by molar-refractivity contribution is 6.24. The van der Waals surface area contributed by atoms with Gasteiger partial charge in [0.15, 0.2) is 17.6 Å². The van der Waals surface area contributed by atoms with Crippen LogP contribution in [0, 0.1) is 12.8 Å². The number of carbonyl (C=O) groups excluding carboxylic acids is 2. The molecule has 0 aromatic heterocycles. The van der Waals surface area contributed by atoms with Crippen molar-refractivity contribution in [2.75, 3.05) is 31.3 Å². The predicted molar refractivity (Wildman–Crippen MR) is 130 cm³/mol. The molecule has 35 heavy (non-hydrogen) atoms. The second-order valence-corrected chi connectivity index (χ2v) is 8.43. The molecule has 3 aromatic rings. The Morgan fingerprint density at radius 3 is 2.14 bits per heavy atom. The maximum Gasteiger partial charge on any atom is 0.266 e. The number of imide groups is 1. The maximum absolute atomic E-state index is 13.8. The molecule has 0 unspecified atom stereocenters. The van der Waals surface area contributed by atoms with Gasteiger partial charge in [0.2, 0.25) is 11.7 Å². The van der Waals surface area contributed by atoms with E-state index in [9.17, 15) is 9.59 Å². The number of carbonyl (C=O) groups is 2. The fourth-order valence-electron chi connectivity index (χ4n) is 4.91. The van der Waals surface area contributed by atoms with Crippen LogP contribution in [0.4, 0.5) is 11.4 Å². The summed E-state index contributed by atoms with van der Waals surface area (Å²) in [6.45, 7) is 1.92. The number of anilines is 2. The molecule has 0 radical (unpaired) electrons. The van der Waals surface area contributed by atoms with E-state index < -0.39 is 24.0 Å². The lowest BCUT2D eigenvalue weighted by Crippen LogP contribution is -2.37. The second-order valence-electron chi connectivity index (χ2n) is 8.43. The van der Waals surface area contributed by atoms with Crippen molar-refractivity contribution in [1.29, 1.82) is 0 Å². The van der Waals surface area contributed by atoms with Crippen LogP contribution in [0.15, 0.2) is 66.7 Å². The maximum atomic E-state index is 13.8. The Balaban J connectivity index is 1.66. The van der Waals surface area contributed by atoms with Gasteiger partial charge in [-0.05, 0) is 48.9 Å². The standard InChI is InChI=1S/C27H26N2O6/c1-16-9-8-12-18(15-16)28-26(30)21-22(19-13-14-20(32-2)24(34-4)23(19)33-3)29(35-25(21)27(28)31)17-10-6-5-7-11-17/h5-15,21-22,25H,1-4H3/t21-,22+,25+/m0/s1. The van der Waals surface area contributed by atoms with Gasteiger partial charge in [-0.3, -0.25) is 14.4 Å². The van der Waals surface area contributed by atoms with Gasteiger partial charge >= 0.3 is 0 Å². The van der Waals surface area contributed by atoms with E-state index in [0.29, 0.717) is 34.2 Å². The molecule has 3 aromatic carbocycles. The Bertz CT molecular complexity index is 1280. The molecule has 2 aliphatic rings. The van der Waals surface area contributed by atoms with Crippen LogP contribution in [0.25, 0.3) is 0 Å². The van der Waals surface area contributed by atoms with Crippen molar-refractivity contribution < 1.29 is 28.6 Å². The molecule has 2 saturated heterocycles. The van der Waals surface area contributed by atoms with Crippen LogP contribution in [0.5, 0.6) is 17.2 Å². The number of hydrogen-bond donors (Lipinski definition) is 0. The first-order chi connectivity index (χ1) is 17.0. The highest BCUT2D eigenvalue weighted by Crippen LogP contribution is 2.52. The number of hydroxylamine groups is 1. The molecule has 2 fully saturated rings. The Kier molecular flexibility index (Phi) is 5.82. The predicted octanol–water partition coefficient (Wildman–Crippen LogP) is 4.07. The third-order valence-electron chi connectivity index (χ3n) is 6.44. The first-order valence-electron chi connectivity index (χ1n) is 11.2. The van der Waals surface area contributed by atoms with Crippen molar-refractivity contribution in [3.63, 3.8) is 0 Å². The number of ether oxygens (including phenoxy) is 3. The molecule has 180 valence electrons. The van der Waals surface area contributed by atoms with Gasteiger partial charge in [0, 0.05) is 5.56 Å².